The number of hydrogen-bond acceptors (Lipinski definition) is 1. The molecule has 15 heavy (non-hydrogen) atoms. The smallest absolute Gasteiger partial charge is 0.445 e. The van der Waals surface area contributed by atoms with Crippen molar-refractivity contribution in [3.05, 3.63) is 28.3 Å². The van der Waals surface area contributed by atoms with Crippen LogP contribution >= 0.6 is 11.6 Å². The van der Waals surface area contributed by atoms with E-state index in [-0.39, 0.29) is 62.0 Å². The molecule has 0 fully saturated rings. The van der Waals surface area contributed by atoms with Crippen molar-refractivity contribution < 1.29 is 64.3 Å². The third-order valence-corrected chi connectivity index (χ3v) is 2.14. The zero-order chi connectivity index (χ0) is 10.9. The Balaban J connectivity index is 0.00000196. The first-order valence-electron chi connectivity index (χ1n) is 3.76. The van der Waals surface area contributed by atoms with E-state index in [1.54, 1.807) is 6.07 Å². The van der Waals surface area contributed by atoms with Crippen molar-refractivity contribution in [3.8, 4) is 6.07 Å². The largest absolute Gasteiger partial charge is 1.00 e. The van der Waals surface area contributed by atoms with Crippen molar-refractivity contribution in [3.63, 3.8) is 0 Å². The normalized spacial score (nSPS) is 10.4. The summed E-state index contributed by atoms with van der Waals surface area (Å²) in [6.45, 7) is -3.61. The standard InChI is InChI=1S/C8H5BClF3N.K/c1-5-2-8(10)7(9(11,12)13)3-6(5)4-14;/h2-3H,1H3;/q-1;+1. The van der Waals surface area contributed by atoms with Crippen LogP contribution in [0.5, 0.6) is 0 Å². The number of nitrogens with zero attached hydrogens (tertiary/aromatic N) is 1. The van der Waals surface area contributed by atoms with Gasteiger partial charge in [0.2, 0.25) is 0 Å². The number of halogens is 4. The van der Waals surface area contributed by atoms with Crippen LogP contribution in [0.25, 0.3) is 0 Å². The van der Waals surface area contributed by atoms with Crippen LogP contribution in [0.4, 0.5) is 12.9 Å². The van der Waals surface area contributed by atoms with E-state index in [1.807, 2.05) is 0 Å². The van der Waals surface area contributed by atoms with Crippen LogP contribution < -0.4 is 56.8 Å². The Hall–Kier alpha value is 0.491. The molecule has 1 rings (SSSR count). The summed E-state index contributed by atoms with van der Waals surface area (Å²) >= 11 is 5.43. The van der Waals surface area contributed by atoms with E-state index in [2.05, 4.69) is 0 Å². The number of aryl methyl sites for hydroxylation is 1. The summed E-state index contributed by atoms with van der Waals surface area (Å²) in [5.41, 5.74) is -0.460. The van der Waals surface area contributed by atoms with Crippen LogP contribution in [0.1, 0.15) is 11.1 Å². The topological polar surface area (TPSA) is 23.8 Å². The maximum absolute atomic E-state index is 12.4. The summed E-state index contributed by atoms with van der Waals surface area (Å²) in [5, 5.41) is 8.19. The predicted molar refractivity (Wildman–Crippen MR) is 49.6 cm³/mol. The van der Waals surface area contributed by atoms with Gasteiger partial charge in [0.25, 0.3) is 0 Å². The number of hydrogen-bond donors (Lipinski definition) is 0. The van der Waals surface area contributed by atoms with Gasteiger partial charge in [0.15, 0.2) is 0 Å². The Kier molecular flexibility index (Phi) is 5.90. The molecule has 1 aromatic carbocycles. The molecule has 1 aromatic rings. The Morgan fingerprint density at radius 3 is 2.27 bits per heavy atom. The third kappa shape index (κ3) is 3.77. The van der Waals surface area contributed by atoms with Gasteiger partial charge in [-0.3, -0.25) is 0 Å². The van der Waals surface area contributed by atoms with Crippen LogP contribution in [-0.2, 0) is 0 Å². The first kappa shape index (κ1) is 15.5. The van der Waals surface area contributed by atoms with E-state index in [0.717, 1.165) is 12.1 Å². The number of benzene rings is 1. The van der Waals surface area contributed by atoms with Crippen molar-refractivity contribution in [2.75, 3.05) is 0 Å². The fraction of sp³-hybridized carbons (Fsp3) is 0.125. The molecule has 0 aliphatic heterocycles. The van der Waals surface area contributed by atoms with Crippen LogP contribution in [0.2, 0.25) is 5.02 Å². The molecule has 0 heterocycles. The van der Waals surface area contributed by atoms with Gasteiger partial charge in [0.1, 0.15) is 0 Å². The second-order valence-electron chi connectivity index (χ2n) is 2.88. The van der Waals surface area contributed by atoms with E-state index in [4.69, 9.17) is 16.9 Å². The molecular weight excluding hydrogens is 252 g/mol. The summed E-state index contributed by atoms with van der Waals surface area (Å²) in [4.78, 5) is 0. The molecule has 0 unspecified atom stereocenters. The zero-order valence-corrected chi connectivity index (χ0v) is 12.1. The van der Waals surface area contributed by atoms with Gasteiger partial charge in [-0.2, -0.15) is 5.26 Å². The van der Waals surface area contributed by atoms with Gasteiger partial charge in [-0.1, -0.05) is 23.1 Å². The fourth-order valence-corrected chi connectivity index (χ4v) is 1.40. The number of rotatable bonds is 1. The molecule has 74 valence electrons. The molecule has 0 saturated carbocycles. The summed E-state index contributed by atoms with van der Waals surface area (Å²) in [7, 11) is 0. The molecule has 0 bridgehead atoms. The molecule has 1 nitrogen and oxygen atoms in total. The van der Waals surface area contributed by atoms with Gasteiger partial charge >= 0.3 is 58.4 Å². The molecule has 0 aromatic heterocycles. The minimum absolute atomic E-state index is 0. The van der Waals surface area contributed by atoms with Gasteiger partial charge in [-0.15, -0.1) is 0 Å². The SMILES string of the molecule is Cc1cc(Cl)c([B-](F)(F)F)cc1C#N.[K+]. The maximum Gasteiger partial charge on any atom is 1.00 e. The molecule has 0 N–H and O–H groups in total. The fourth-order valence-electron chi connectivity index (χ4n) is 1.06. The van der Waals surface area contributed by atoms with Crippen molar-refractivity contribution in [1.29, 1.82) is 5.26 Å². The first-order valence-corrected chi connectivity index (χ1v) is 4.14. The maximum atomic E-state index is 12.4. The molecule has 0 radical (unpaired) electrons. The van der Waals surface area contributed by atoms with Crippen LogP contribution in [-0.4, -0.2) is 6.98 Å². The average molecular weight is 257 g/mol. The second-order valence-corrected chi connectivity index (χ2v) is 3.28. The van der Waals surface area contributed by atoms with E-state index in [1.165, 1.54) is 6.92 Å². The molecule has 0 aliphatic rings. The Labute approximate surface area is 133 Å². The molecule has 0 atom stereocenters. The molecule has 0 saturated heterocycles. The third-order valence-electron chi connectivity index (χ3n) is 1.82. The van der Waals surface area contributed by atoms with Crippen LogP contribution in [0.3, 0.4) is 0 Å². The van der Waals surface area contributed by atoms with Crippen molar-refractivity contribution in [2.24, 2.45) is 0 Å². The second kappa shape index (κ2) is 5.71. The average Bonchev–Trinajstić information content (AvgIpc) is 2.02. The van der Waals surface area contributed by atoms with Crippen LogP contribution in [0, 0.1) is 18.3 Å². The minimum Gasteiger partial charge on any atom is -0.445 e. The number of nitriles is 1. The van der Waals surface area contributed by atoms with Gasteiger partial charge in [0, 0.05) is 5.02 Å². The molecule has 0 spiro atoms. The van der Waals surface area contributed by atoms with Crippen molar-refractivity contribution in [1.82, 2.24) is 0 Å². The molecule has 7 heteroatoms. The van der Waals surface area contributed by atoms with E-state index in [0.29, 0.717) is 5.56 Å². The van der Waals surface area contributed by atoms with Gasteiger partial charge < -0.3 is 12.9 Å². The summed E-state index contributed by atoms with van der Waals surface area (Å²) < 4.78 is 37.1. The van der Waals surface area contributed by atoms with Gasteiger partial charge in [0.05, 0.1) is 11.6 Å². The predicted octanol–water partition coefficient (Wildman–Crippen LogP) is -0.421. The van der Waals surface area contributed by atoms with E-state index in [9.17, 15) is 12.9 Å². The van der Waals surface area contributed by atoms with Crippen molar-refractivity contribution >= 4 is 24.0 Å². The quantitative estimate of drug-likeness (QED) is 0.627. The van der Waals surface area contributed by atoms with E-state index >= 15 is 0 Å². The Morgan fingerprint density at radius 1 is 1.33 bits per heavy atom. The van der Waals surface area contributed by atoms with Crippen molar-refractivity contribution in [2.45, 2.75) is 6.92 Å². The minimum atomic E-state index is -5.15. The molecule has 0 aliphatic carbocycles. The summed E-state index contributed by atoms with van der Waals surface area (Å²) in [6, 6.07) is 3.63. The molecule has 0 amide bonds. The van der Waals surface area contributed by atoms with Gasteiger partial charge in [-0.05, 0) is 18.6 Å². The zero-order valence-electron chi connectivity index (χ0n) is 8.19. The van der Waals surface area contributed by atoms with E-state index < -0.39 is 12.4 Å². The Morgan fingerprint density at radius 2 is 1.87 bits per heavy atom. The van der Waals surface area contributed by atoms with Crippen LogP contribution in [0.15, 0.2) is 12.1 Å². The summed E-state index contributed by atoms with van der Waals surface area (Å²) in [6.07, 6.45) is 0. The summed E-state index contributed by atoms with van der Waals surface area (Å²) in [5.74, 6) is 0. The monoisotopic (exact) mass is 257 g/mol. The molecular formula is C8H5BClF3KN. The van der Waals surface area contributed by atoms with Gasteiger partial charge in [-0.25, -0.2) is 0 Å². The first-order chi connectivity index (χ1) is 6.36. The Bertz CT molecular complexity index is 414.